The van der Waals surface area contributed by atoms with Crippen LogP contribution in [0.25, 0.3) is 0 Å². The Kier molecular flexibility index (Phi) is 6.19. The molecule has 0 aromatic heterocycles. The summed E-state index contributed by atoms with van der Waals surface area (Å²) in [5.74, 6) is 0.0183. The third-order valence-electron chi connectivity index (χ3n) is 4.79. The van der Waals surface area contributed by atoms with Crippen molar-refractivity contribution in [2.45, 2.75) is 54.4 Å². The summed E-state index contributed by atoms with van der Waals surface area (Å²) in [6.07, 6.45) is 5.56. The second-order valence-corrected chi connectivity index (χ2v) is 10.5. The van der Waals surface area contributed by atoms with Crippen molar-refractivity contribution >= 4 is 26.0 Å². The van der Waals surface area contributed by atoms with Crippen LogP contribution in [0.15, 0.2) is 34.1 Å². The first-order valence-electron chi connectivity index (χ1n) is 9.18. The normalized spacial score (nSPS) is 18.5. The summed E-state index contributed by atoms with van der Waals surface area (Å²) in [4.78, 5) is 11.9. The van der Waals surface area contributed by atoms with Crippen LogP contribution >= 0.6 is 0 Å². The smallest absolute Gasteiger partial charge is 0.240 e. The van der Waals surface area contributed by atoms with Crippen LogP contribution in [-0.4, -0.2) is 41.9 Å². The van der Waals surface area contributed by atoms with E-state index in [0.29, 0.717) is 0 Å². The van der Waals surface area contributed by atoms with Gasteiger partial charge in [-0.25, -0.2) is 26.3 Å². The third kappa shape index (κ3) is 5.50. The van der Waals surface area contributed by atoms with Crippen molar-refractivity contribution in [3.63, 3.8) is 0 Å². The Morgan fingerprint density at radius 3 is 1.96 bits per heavy atom. The molecule has 0 saturated heterocycles. The predicted octanol–water partition coefficient (Wildman–Crippen LogP) is 0.712. The lowest BCUT2D eigenvalue weighted by Crippen LogP contribution is -2.37. The highest BCUT2D eigenvalue weighted by Crippen LogP contribution is 2.24. The molecule has 1 amide bonds. The van der Waals surface area contributed by atoms with Gasteiger partial charge in [-0.05, 0) is 49.9 Å². The van der Waals surface area contributed by atoms with Crippen LogP contribution in [0.3, 0.4) is 0 Å². The maximum Gasteiger partial charge on any atom is 0.240 e. The molecule has 0 atom stereocenters. The van der Waals surface area contributed by atoms with Gasteiger partial charge in [0.05, 0.1) is 9.79 Å². The van der Waals surface area contributed by atoms with Gasteiger partial charge in [-0.2, -0.15) is 0 Å². The minimum Gasteiger partial charge on any atom is -0.355 e. The Labute approximate surface area is 160 Å². The fraction of sp³-hybridized carbons (Fsp3) is 0.588. The predicted molar refractivity (Wildman–Crippen MR) is 99.9 cm³/mol. The summed E-state index contributed by atoms with van der Waals surface area (Å²) < 4.78 is 53.8. The highest BCUT2D eigenvalue weighted by atomic mass is 32.2. The van der Waals surface area contributed by atoms with Crippen molar-refractivity contribution in [1.29, 1.82) is 0 Å². The second kappa shape index (κ2) is 8.26. The van der Waals surface area contributed by atoms with Crippen molar-refractivity contribution in [2.75, 3.05) is 13.1 Å². The highest BCUT2D eigenvalue weighted by molar-refractivity contribution is 7.90. The van der Waals surface area contributed by atoms with Gasteiger partial charge in [-0.15, -0.1) is 0 Å². The molecule has 3 rings (SSSR count). The molecule has 2 fully saturated rings. The number of amides is 1. The Morgan fingerprint density at radius 1 is 0.852 bits per heavy atom. The fourth-order valence-electron chi connectivity index (χ4n) is 3.07. The molecule has 0 radical (unpaired) electrons. The van der Waals surface area contributed by atoms with Gasteiger partial charge in [0.25, 0.3) is 0 Å². The van der Waals surface area contributed by atoms with Crippen molar-refractivity contribution in [3.8, 4) is 0 Å². The molecule has 0 aliphatic heterocycles. The molecule has 1 aromatic rings. The number of hydrogen-bond acceptors (Lipinski definition) is 5. The first-order valence-corrected chi connectivity index (χ1v) is 12.1. The van der Waals surface area contributed by atoms with E-state index < -0.39 is 20.0 Å². The van der Waals surface area contributed by atoms with E-state index in [0.717, 1.165) is 38.5 Å². The monoisotopic (exact) mass is 415 g/mol. The van der Waals surface area contributed by atoms with Crippen molar-refractivity contribution in [1.82, 2.24) is 14.8 Å². The first-order chi connectivity index (χ1) is 12.8. The Morgan fingerprint density at radius 2 is 1.41 bits per heavy atom. The van der Waals surface area contributed by atoms with E-state index in [9.17, 15) is 21.6 Å². The molecule has 3 N–H and O–H groups in total. The highest BCUT2D eigenvalue weighted by Gasteiger charge is 2.28. The molecule has 0 unspecified atom stereocenters. The lowest BCUT2D eigenvalue weighted by Gasteiger charge is -2.11. The molecule has 2 aliphatic carbocycles. The van der Waals surface area contributed by atoms with E-state index in [1.165, 1.54) is 24.3 Å². The van der Waals surface area contributed by atoms with Gasteiger partial charge in [-0.3, -0.25) is 4.79 Å². The van der Waals surface area contributed by atoms with Crippen molar-refractivity contribution in [3.05, 3.63) is 24.3 Å². The maximum absolute atomic E-state index is 12.3. The standard InChI is InChI=1S/C17H25N3O5S2/c21-17(13-3-1-2-4-13)18-11-12-19-26(22,23)15-7-9-16(10-8-15)27(24,25)20-14-5-6-14/h7-10,13-14,19-20H,1-6,11-12H2,(H,18,21). The van der Waals surface area contributed by atoms with Crippen LogP contribution in [0.2, 0.25) is 0 Å². The number of benzene rings is 1. The zero-order valence-corrected chi connectivity index (χ0v) is 16.6. The number of carbonyl (C=O) groups is 1. The average molecular weight is 416 g/mol. The molecule has 1 aromatic carbocycles. The zero-order valence-electron chi connectivity index (χ0n) is 15.0. The summed E-state index contributed by atoms with van der Waals surface area (Å²) in [5, 5.41) is 2.75. The van der Waals surface area contributed by atoms with Crippen LogP contribution in [0, 0.1) is 5.92 Å². The van der Waals surface area contributed by atoms with Gasteiger partial charge in [-0.1, -0.05) is 12.8 Å². The van der Waals surface area contributed by atoms with Crippen LogP contribution < -0.4 is 14.8 Å². The summed E-state index contributed by atoms with van der Waals surface area (Å²) in [6.45, 7) is 0.288. The van der Waals surface area contributed by atoms with Gasteiger partial charge in [0.15, 0.2) is 0 Å². The van der Waals surface area contributed by atoms with Crippen molar-refractivity contribution < 1.29 is 21.6 Å². The Bertz CT molecular complexity index is 872. The molecule has 2 aliphatic rings. The lowest BCUT2D eigenvalue weighted by atomic mass is 10.1. The van der Waals surface area contributed by atoms with E-state index in [2.05, 4.69) is 14.8 Å². The Balaban J connectivity index is 1.51. The van der Waals surface area contributed by atoms with E-state index in [1.807, 2.05) is 0 Å². The van der Waals surface area contributed by atoms with E-state index in [4.69, 9.17) is 0 Å². The van der Waals surface area contributed by atoms with Gasteiger partial charge < -0.3 is 5.32 Å². The van der Waals surface area contributed by atoms with E-state index in [1.54, 1.807) is 0 Å². The summed E-state index contributed by atoms with van der Waals surface area (Å²) in [5.41, 5.74) is 0. The topological polar surface area (TPSA) is 121 Å². The first kappa shape index (κ1) is 20.2. The van der Waals surface area contributed by atoms with Crippen LogP contribution in [0.4, 0.5) is 0 Å². The van der Waals surface area contributed by atoms with Crippen LogP contribution in [0.1, 0.15) is 38.5 Å². The number of sulfonamides is 2. The number of carbonyl (C=O) groups excluding carboxylic acids is 1. The molecule has 150 valence electrons. The molecule has 0 heterocycles. The maximum atomic E-state index is 12.3. The molecule has 10 heteroatoms. The zero-order chi connectivity index (χ0) is 19.5. The number of rotatable bonds is 9. The minimum atomic E-state index is -3.77. The molecule has 2 saturated carbocycles. The van der Waals surface area contributed by atoms with Gasteiger partial charge in [0, 0.05) is 25.0 Å². The lowest BCUT2D eigenvalue weighted by molar-refractivity contribution is -0.124. The van der Waals surface area contributed by atoms with Crippen molar-refractivity contribution in [2.24, 2.45) is 5.92 Å². The van der Waals surface area contributed by atoms with Crippen LogP contribution in [0.5, 0.6) is 0 Å². The molecule has 0 bridgehead atoms. The molecule has 27 heavy (non-hydrogen) atoms. The van der Waals surface area contributed by atoms with E-state index in [-0.39, 0.29) is 40.7 Å². The van der Waals surface area contributed by atoms with Crippen LogP contribution in [-0.2, 0) is 24.8 Å². The molecule has 0 spiro atoms. The third-order valence-corrected chi connectivity index (χ3v) is 7.80. The van der Waals surface area contributed by atoms with Gasteiger partial charge in [0.2, 0.25) is 26.0 Å². The molecular weight excluding hydrogens is 390 g/mol. The second-order valence-electron chi connectivity index (χ2n) is 7.04. The van der Waals surface area contributed by atoms with Gasteiger partial charge in [0.1, 0.15) is 0 Å². The quantitative estimate of drug-likeness (QED) is 0.513. The molecular formula is C17H25N3O5S2. The SMILES string of the molecule is O=C(NCCNS(=O)(=O)c1ccc(S(=O)(=O)NC2CC2)cc1)C1CCCC1. The minimum absolute atomic E-state index is 0.0143. The summed E-state index contributed by atoms with van der Waals surface area (Å²) >= 11 is 0. The Hall–Kier alpha value is -1.49. The molecule has 8 nitrogen and oxygen atoms in total. The average Bonchev–Trinajstić information content (AvgIpc) is 3.25. The number of nitrogens with one attached hydrogen (secondary N) is 3. The summed E-state index contributed by atoms with van der Waals surface area (Å²) in [6, 6.07) is 5.07. The van der Waals surface area contributed by atoms with E-state index >= 15 is 0 Å². The number of hydrogen-bond donors (Lipinski definition) is 3. The fourth-order valence-corrected chi connectivity index (χ4v) is 5.41. The largest absolute Gasteiger partial charge is 0.355 e. The van der Waals surface area contributed by atoms with Gasteiger partial charge >= 0.3 is 0 Å². The summed E-state index contributed by atoms with van der Waals surface area (Å²) in [7, 11) is -7.38.